The monoisotopic (exact) mass is 353 g/mol. The molecule has 2 atom stereocenters. The molecule has 0 aromatic heterocycles. The predicted octanol–water partition coefficient (Wildman–Crippen LogP) is -1.26. The molecule has 24 heavy (non-hydrogen) atoms. The second-order valence-corrected chi connectivity index (χ2v) is 5.05. The summed E-state index contributed by atoms with van der Waals surface area (Å²) >= 11 is 0. The highest BCUT2D eigenvalue weighted by molar-refractivity contribution is 5.74. The molecule has 142 valence electrons. The van der Waals surface area contributed by atoms with Crippen molar-refractivity contribution < 1.29 is 39.6 Å². The number of hydrogen-bond donors (Lipinski definition) is 7. The van der Waals surface area contributed by atoms with Gasteiger partial charge in [-0.2, -0.15) is 0 Å². The average molecular weight is 353 g/mol. The zero-order valence-electron chi connectivity index (χ0n) is 13.7. The Morgan fingerprint density at radius 2 is 1.21 bits per heavy atom. The van der Waals surface area contributed by atoms with Crippen LogP contribution in [-0.4, -0.2) is 62.9 Å². The molecule has 0 amide bonds. The SMILES string of the molecule is CC(C)CC(N)C(=O)O.NC(CCC(=O)O)C(=O)O.NCC(=O)O. The first-order valence-corrected chi connectivity index (χ1v) is 6.95. The molecule has 0 radical (unpaired) electrons. The first-order chi connectivity index (χ1) is 10.8. The summed E-state index contributed by atoms with van der Waals surface area (Å²) in [6.07, 6.45) is 0.327. The van der Waals surface area contributed by atoms with Crippen LogP contribution in [0, 0.1) is 5.92 Å². The van der Waals surface area contributed by atoms with E-state index in [1.807, 2.05) is 13.8 Å². The number of aliphatic carboxylic acids is 4. The molecule has 11 nitrogen and oxygen atoms in total. The fourth-order valence-electron chi connectivity index (χ4n) is 1.01. The van der Waals surface area contributed by atoms with Crippen molar-refractivity contribution in [3.63, 3.8) is 0 Å². The van der Waals surface area contributed by atoms with Crippen molar-refractivity contribution in [2.24, 2.45) is 23.1 Å². The van der Waals surface area contributed by atoms with Crippen molar-refractivity contribution in [1.29, 1.82) is 0 Å². The lowest BCUT2D eigenvalue weighted by molar-refractivity contribution is -0.140. The maximum absolute atomic E-state index is 10.1. The summed E-state index contributed by atoms with van der Waals surface area (Å²) in [6, 6.07) is -1.75. The standard InChI is InChI=1S/C6H13NO2.C5H9NO4.C2H5NO2/c1-4(2)3-5(7)6(8)9;6-3(5(9)10)1-2-4(7)8;3-1-2(4)5/h4-5H,3,7H2,1-2H3,(H,8,9);3H,1-2,6H2,(H,7,8)(H,9,10);1,3H2,(H,4,5). The molecule has 0 saturated carbocycles. The van der Waals surface area contributed by atoms with E-state index in [1.165, 1.54) is 0 Å². The van der Waals surface area contributed by atoms with Gasteiger partial charge in [-0.05, 0) is 18.8 Å². The fraction of sp³-hybridized carbons (Fsp3) is 0.692. The molecular weight excluding hydrogens is 326 g/mol. The molecule has 0 aliphatic heterocycles. The highest BCUT2D eigenvalue weighted by atomic mass is 16.4. The van der Waals surface area contributed by atoms with Gasteiger partial charge in [0.2, 0.25) is 0 Å². The van der Waals surface area contributed by atoms with Crippen LogP contribution in [0.5, 0.6) is 0 Å². The molecule has 0 fully saturated rings. The number of carboxylic acid groups (broad SMARTS) is 4. The maximum Gasteiger partial charge on any atom is 0.320 e. The lowest BCUT2D eigenvalue weighted by Crippen LogP contribution is -2.31. The molecular formula is C13H27N3O8. The first kappa shape index (κ1) is 26.6. The van der Waals surface area contributed by atoms with Gasteiger partial charge in [-0.1, -0.05) is 13.8 Å². The van der Waals surface area contributed by atoms with E-state index in [9.17, 15) is 19.2 Å². The van der Waals surface area contributed by atoms with E-state index in [1.54, 1.807) is 0 Å². The van der Waals surface area contributed by atoms with Crippen molar-refractivity contribution >= 4 is 23.9 Å². The Labute approximate surface area is 139 Å². The van der Waals surface area contributed by atoms with E-state index in [2.05, 4.69) is 5.73 Å². The Hall–Kier alpha value is -2.24. The van der Waals surface area contributed by atoms with Gasteiger partial charge < -0.3 is 37.6 Å². The molecule has 0 aliphatic carbocycles. The molecule has 11 heteroatoms. The third-order valence-corrected chi connectivity index (χ3v) is 2.20. The van der Waals surface area contributed by atoms with Crippen LogP contribution in [-0.2, 0) is 19.2 Å². The van der Waals surface area contributed by atoms with Gasteiger partial charge in [0.15, 0.2) is 0 Å². The van der Waals surface area contributed by atoms with E-state index in [0.29, 0.717) is 12.3 Å². The van der Waals surface area contributed by atoms with Gasteiger partial charge in [-0.25, -0.2) is 0 Å². The average Bonchev–Trinajstić information content (AvgIpc) is 2.44. The summed E-state index contributed by atoms with van der Waals surface area (Å²) in [5.74, 6) is -3.72. The molecule has 0 aromatic rings. The minimum absolute atomic E-state index is 0.0231. The van der Waals surface area contributed by atoms with E-state index in [0.717, 1.165) is 0 Å². The molecule has 2 unspecified atom stereocenters. The molecule has 0 bridgehead atoms. The largest absolute Gasteiger partial charge is 0.481 e. The number of carboxylic acids is 4. The molecule has 10 N–H and O–H groups in total. The Kier molecular flexibility index (Phi) is 17.4. The van der Waals surface area contributed by atoms with Gasteiger partial charge >= 0.3 is 23.9 Å². The van der Waals surface area contributed by atoms with Crippen molar-refractivity contribution in [3.8, 4) is 0 Å². The van der Waals surface area contributed by atoms with Gasteiger partial charge in [-0.3, -0.25) is 19.2 Å². The zero-order chi connectivity index (χ0) is 19.9. The van der Waals surface area contributed by atoms with Crippen LogP contribution in [0.4, 0.5) is 0 Å². The number of nitrogens with two attached hydrogens (primary N) is 3. The van der Waals surface area contributed by atoms with E-state index in [4.69, 9.17) is 31.9 Å². The van der Waals surface area contributed by atoms with Gasteiger partial charge in [0.05, 0.1) is 6.54 Å². The summed E-state index contributed by atoms with van der Waals surface area (Å²) < 4.78 is 0. The quantitative estimate of drug-likeness (QED) is 0.272. The second-order valence-electron chi connectivity index (χ2n) is 5.05. The lowest BCUT2D eigenvalue weighted by atomic mass is 10.1. The van der Waals surface area contributed by atoms with E-state index in [-0.39, 0.29) is 19.4 Å². The summed E-state index contributed by atoms with van der Waals surface area (Å²) in [5.41, 5.74) is 14.8. The van der Waals surface area contributed by atoms with Crippen molar-refractivity contribution in [2.45, 2.75) is 45.2 Å². The highest BCUT2D eigenvalue weighted by Crippen LogP contribution is 2.01. The van der Waals surface area contributed by atoms with Crippen LogP contribution in [0.1, 0.15) is 33.1 Å². The lowest BCUT2D eigenvalue weighted by Gasteiger charge is -2.07. The number of hydrogen-bond acceptors (Lipinski definition) is 7. The number of carbonyl (C=O) groups is 4. The van der Waals surface area contributed by atoms with Gasteiger partial charge in [0, 0.05) is 6.42 Å². The summed E-state index contributed by atoms with van der Waals surface area (Å²) in [4.78, 5) is 39.2. The molecule has 0 spiro atoms. The normalized spacial score (nSPS) is 11.9. The summed E-state index contributed by atoms with van der Waals surface area (Å²) in [7, 11) is 0. The van der Waals surface area contributed by atoms with Crippen LogP contribution in [0.3, 0.4) is 0 Å². The zero-order valence-corrected chi connectivity index (χ0v) is 13.7. The Bertz CT molecular complexity index is 401. The second kappa shape index (κ2) is 15.6. The smallest absolute Gasteiger partial charge is 0.320 e. The fourth-order valence-corrected chi connectivity index (χ4v) is 1.01. The first-order valence-electron chi connectivity index (χ1n) is 6.95. The molecule has 0 aliphatic rings. The highest BCUT2D eigenvalue weighted by Gasteiger charge is 2.12. The van der Waals surface area contributed by atoms with Crippen LogP contribution < -0.4 is 17.2 Å². The minimum atomic E-state index is -1.17. The van der Waals surface area contributed by atoms with Gasteiger partial charge in [-0.15, -0.1) is 0 Å². The van der Waals surface area contributed by atoms with E-state index >= 15 is 0 Å². The van der Waals surface area contributed by atoms with Crippen molar-refractivity contribution in [3.05, 3.63) is 0 Å². The summed E-state index contributed by atoms with van der Waals surface area (Å²) in [5, 5.41) is 32.2. The maximum atomic E-state index is 10.1. The minimum Gasteiger partial charge on any atom is -0.481 e. The van der Waals surface area contributed by atoms with Crippen LogP contribution >= 0.6 is 0 Å². The Balaban J connectivity index is -0.000000291. The number of rotatable bonds is 8. The molecule has 0 heterocycles. The predicted molar refractivity (Wildman–Crippen MR) is 84.2 cm³/mol. The van der Waals surface area contributed by atoms with Gasteiger partial charge in [0.1, 0.15) is 12.1 Å². The van der Waals surface area contributed by atoms with Crippen molar-refractivity contribution in [1.82, 2.24) is 0 Å². The van der Waals surface area contributed by atoms with Crippen LogP contribution in [0.15, 0.2) is 0 Å². The van der Waals surface area contributed by atoms with Crippen LogP contribution in [0.25, 0.3) is 0 Å². The molecule has 0 saturated heterocycles. The van der Waals surface area contributed by atoms with Crippen LogP contribution in [0.2, 0.25) is 0 Å². The third-order valence-electron chi connectivity index (χ3n) is 2.20. The van der Waals surface area contributed by atoms with Gasteiger partial charge in [0.25, 0.3) is 0 Å². The molecule has 0 aromatic carbocycles. The molecule has 0 rings (SSSR count). The van der Waals surface area contributed by atoms with Crippen molar-refractivity contribution in [2.75, 3.05) is 6.54 Å². The van der Waals surface area contributed by atoms with E-state index < -0.39 is 36.0 Å². The third kappa shape index (κ3) is 24.8. The topological polar surface area (TPSA) is 227 Å². The Morgan fingerprint density at radius 3 is 1.38 bits per heavy atom. The summed E-state index contributed by atoms with van der Waals surface area (Å²) in [6.45, 7) is 3.62. The Morgan fingerprint density at radius 1 is 0.833 bits per heavy atom.